The van der Waals surface area contributed by atoms with Gasteiger partial charge in [-0.3, -0.25) is 4.57 Å². The average Bonchev–Trinajstić information content (AvgIpc) is 3.97. The number of anilines is 1. The lowest BCUT2D eigenvalue weighted by atomic mass is 9.80. The predicted molar refractivity (Wildman–Crippen MR) is 274 cm³/mol. The van der Waals surface area contributed by atoms with Crippen LogP contribution in [-0.4, -0.2) is 90.1 Å². The third-order valence-corrected chi connectivity index (χ3v) is 20.4. The van der Waals surface area contributed by atoms with Gasteiger partial charge in [0.1, 0.15) is 41.3 Å². The van der Waals surface area contributed by atoms with Crippen molar-refractivity contribution in [1.82, 2.24) is 24.2 Å². The third kappa shape index (κ3) is 10.8. The number of ether oxygens (including phenoxy) is 4. The van der Waals surface area contributed by atoms with E-state index in [1.807, 2.05) is 47.0 Å². The second-order valence-electron chi connectivity index (χ2n) is 18.3. The first-order valence-electron chi connectivity index (χ1n) is 23.5. The second kappa shape index (κ2) is 23.0. The average molecular weight is 984 g/mol. The van der Waals surface area contributed by atoms with Crippen molar-refractivity contribution in [2.24, 2.45) is 0 Å². The van der Waals surface area contributed by atoms with Gasteiger partial charge in [-0.25, -0.2) is 19.6 Å². The summed E-state index contributed by atoms with van der Waals surface area (Å²) in [6, 6.07) is 35.7. The van der Waals surface area contributed by atoms with Crippen LogP contribution in [-0.2, 0) is 35.2 Å². The summed E-state index contributed by atoms with van der Waals surface area (Å²) in [5, 5.41) is 1.20. The molecule has 4 aromatic carbocycles. The number of aromatic nitrogens is 4. The van der Waals surface area contributed by atoms with Crippen LogP contribution in [0.2, 0.25) is 11.1 Å². The zero-order valence-electron chi connectivity index (χ0n) is 41.0. The highest BCUT2D eigenvalue weighted by Crippen LogP contribution is 2.48. The monoisotopic (exact) mass is 982 g/mol. The van der Waals surface area contributed by atoms with E-state index in [2.05, 4.69) is 136 Å². The van der Waals surface area contributed by atoms with Gasteiger partial charge in [0.25, 0.3) is 8.53 Å². The fraction of sp³-hybridized carbons (Fsp3) is 0.442. The Hall–Kier alpha value is -4.47. The number of methoxy groups -OCH3 is 2. The Balaban J connectivity index is 1.27. The van der Waals surface area contributed by atoms with Gasteiger partial charge in [0.2, 0.25) is 8.32 Å². The predicted octanol–water partition coefficient (Wildman–Crippen LogP) is 10.9. The Morgan fingerprint density at radius 3 is 1.91 bits per heavy atom. The lowest BCUT2D eigenvalue weighted by molar-refractivity contribution is -0.0913. The highest BCUT2D eigenvalue weighted by atomic mass is 35.5. The summed E-state index contributed by atoms with van der Waals surface area (Å²) in [5.74, 6) is 2.20. The number of halogens is 1. The smallest absolute Gasteiger partial charge is 0.259 e. The highest BCUT2D eigenvalue weighted by molar-refractivity contribution is 7.44. The molecule has 0 spiro atoms. The zero-order valence-corrected chi connectivity index (χ0v) is 43.7. The SMILES string of the molecule is COc1ccc(C(OC[C@H]2O[C@@H](n3cnc4c(N)ncnc43)C[C@@H]2O[Si](c2ccc(COP(OCCCl)N(C(C)C)C(C)C)cc2)(C(C)C)C(C)C)(c2ccccc2)c2ccc(OC)cc2)cc1. The molecule has 0 saturated carbocycles. The molecule has 1 aliphatic rings. The topological polar surface area (TPSA) is 137 Å². The fourth-order valence-corrected chi connectivity index (χ4v) is 16.3. The van der Waals surface area contributed by atoms with Crippen LogP contribution in [0.15, 0.2) is 116 Å². The van der Waals surface area contributed by atoms with Crippen LogP contribution in [0.1, 0.15) is 90.3 Å². The highest BCUT2D eigenvalue weighted by Gasteiger charge is 2.51. The van der Waals surface area contributed by atoms with Crippen LogP contribution < -0.4 is 20.4 Å². The van der Waals surface area contributed by atoms with Gasteiger partial charge in [-0.15, -0.1) is 11.6 Å². The number of rotatable bonds is 23. The van der Waals surface area contributed by atoms with Gasteiger partial charge in [-0.1, -0.05) is 107 Å². The summed E-state index contributed by atoms with van der Waals surface area (Å²) in [6.07, 6.45) is 2.30. The number of alkyl halides is 1. The van der Waals surface area contributed by atoms with Crippen molar-refractivity contribution in [3.63, 3.8) is 0 Å². The van der Waals surface area contributed by atoms with E-state index in [1.54, 1.807) is 20.5 Å². The molecule has 1 unspecified atom stereocenters. The summed E-state index contributed by atoms with van der Waals surface area (Å²) in [4.78, 5) is 13.4. The molecular weight excluding hydrogens is 915 g/mol. The van der Waals surface area contributed by atoms with Crippen molar-refractivity contribution in [3.8, 4) is 11.5 Å². The minimum absolute atomic E-state index is 0.174. The molecule has 13 nitrogen and oxygen atoms in total. The quantitative estimate of drug-likeness (QED) is 0.0283. The maximum Gasteiger partial charge on any atom is 0.259 e. The number of hydrogen-bond acceptors (Lipinski definition) is 12. The first kappa shape index (κ1) is 51.4. The van der Waals surface area contributed by atoms with Crippen molar-refractivity contribution in [3.05, 3.63) is 138 Å². The van der Waals surface area contributed by atoms with Crippen LogP contribution >= 0.6 is 20.1 Å². The number of nitrogen functional groups attached to an aromatic ring is 1. The Morgan fingerprint density at radius 2 is 1.37 bits per heavy atom. The summed E-state index contributed by atoms with van der Waals surface area (Å²) in [6.45, 7) is 18.8. The van der Waals surface area contributed by atoms with Crippen molar-refractivity contribution in [2.45, 2.75) is 116 Å². The van der Waals surface area contributed by atoms with Crippen molar-refractivity contribution < 1.29 is 32.4 Å². The number of fused-ring (bicyclic) bond motifs is 1. The summed E-state index contributed by atoms with van der Waals surface area (Å²) < 4.78 is 50.7. The van der Waals surface area contributed by atoms with E-state index in [1.165, 1.54) is 11.5 Å². The van der Waals surface area contributed by atoms with Crippen LogP contribution in [0, 0.1) is 0 Å². The van der Waals surface area contributed by atoms with Crippen molar-refractivity contribution >= 4 is 50.6 Å². The van der Waals surface area contributed by atoms with E-state index in [-0.39, 0.29) is 29.8 Å². The van der Waals surface area contributed by atoms with Gasteiger partial charge in [0.05, 0.1) is 46.5 Å². The molecule has 364 valence electrons. The molecule has 0 radical (unpaired) electrons. The molecule has 1 saturated heterocycles. The van der Waals surface area contributed by atoms with E-state index in [0.29, 0.717) is 42.5 Å². The first-order valence-corrected chi connectivity index (χ1v) is 27.2. The number of hydrogen-bond donors (Lipinski definition) is 1. The third-order valence-electron chi connectivity index (χ3n) is 12.8. The normalized spacial score (nSPS) is 17.3. The number of benzene rings is 4. The lowest BCUT2D eigenvalue weighted by Crippen LogP contribution is -2.59. The Bertz CT molecular complexity index is 2440. The van der Waals surface area contributed by atoms with Gasteiger partial charge < -0.3 is 38.2 Å². The van der Waals surface area contributed by atoms with E-state index < -0.39 is 40.9 Å². The van der Waals surface area contributed by atoms with Gasteiger partial charge in [0, 0.05) is 24.4 Å². The maximum atomic E-state index is 7.84. The molecule has 7 rings (SSSR count). The lowest BCUT2D eigenvalue weighted by Gasteiger charge is -2.42. The van der Waals surface area contributed by atoms with Gasteiger partial charge in [-0.05, 0) is 90.5 Å². The van der Waals surface area contributed by atoms with Crippen LogP contribution in [0.3, 0.4) is 0 Å². The minimum atomic E-state index is -2.85. The van der Waals surface area contributed by atoms with Crippen LogP contribution in [0.25, 0.3) is 11.2 Å². The van der Waals surface area contributed by atoms with E-state index in [9.17, 15) is 0 Å². The largest absolute Gasteiger partial charge is 0.497 e. The molecule has 68 heavy (non-hydrogen) atoms. The molecule has 0 aliphatic carbocycles. The van der Waals surface area contributed by atoms with Crippen LogP contribution in [0.5, 0.6) is 11.5 Å². The Morgan fingerprint density at radius 1 is 0.779 bits per heavy atom. The Kier molecular flexibility index (Phi) is 17.4. The first-order chi connectivity index (χ1) is 32.8. The summed E-state index contributed by atoms with van der Waals surface area (Å²) in [5.41, 5.74) is 10.6. The molecular formula is C52H68ClN6O7PSi. The van der Waals surface area contributed by atoms with E-state index in [4.69, 9.17) is 49.8 Å². The molecule has 0 bridgehead atoms. The van der Waals surface area contributed by atoms with Crippen molar-refractivity contribution in [1.29, 1.82) is 0 Å². The zero-order chi connectivity index (χ0) is 48.6. The molecule has 16 heteroatoms. The number of imidazole rings is 1. The second-order valence-corrected chi connectivity index (χ2v) is 24.9. The molecule has 6 aromatic rings. The maximum absolute atomic E-state index is 7.84. The Labute approximate surface area is 409 Å². The number of nitrogens with zero attached hydrogens (tertiary/aromatic N) is 5. The molecule has 0 amide bonds. The molecule has 2 aromatic heterocycles. The summed E-state index contributed by atoms with van der Waals surface area (Å²) >= 11 is 6.07. The molecule has 1 aliphatic heterocycles. The van der Waals surface area contributed by atoms with Gasteiger partial charge in [0.15, 0.2) is 11.5 Å². The molecule has 3 heterocycles. The van der Waals surface area contributed by atoms with Gasteiger partial charge in [-0.2, -0.15) is 0 Å². The van der Waals surface area contributed by atoms with E-state index >= 15 is 0 Å². The standard InChI is InChI=1S/C52H68ClN6O7PSi/c1-35(2)59(36(3)4)67(63-29-28-53)64-31-39-16-26-45(27-17-39)68(37(5)6,38(7)8)66-46-30-48(58-34-57-49-50(54)55-33-56-51(49)58)65-47(46)32-62-52(40-14-12-11-13-15-40,41-18-22-43(60-9)23-19-41)42-20-24-44(61-10)25-21-42/h11-27,33-38,46-48H,28-32H2,1-10H3,(H2,54,55,56)/t46-,47+,48+,67?/m0/s1. The minimum Gasteiger partial charge on any atom is -0.497 e. The fourth-order valence-electron chi connectivity index (χ4n) is 9.68. The van der Waals surface area contributed by atoms with Gasteiger partial charge >= 0.3 is 0 Å². The molecule has 4 atom stereocenters. The van der Waals surface area contributed by atoms with Crippen LogP contribution in [0.4, 0.5) is 5.82 Å². The summed E-state index contributed by atoms with van der Waals surface area (Å²) in [7, 11) is -0.829. The molecule has 2 N–H and O–H groups in total. The van der Waals surface area contributed by atoms with Crippen molar-refractivity contribution in [2.75, 3.05) is 39.0 Å². The van der Waals surface area contributed by atoms with E-state index in [0.717, 1.165) is 33.8 Å². The molecule has 1 fully saturated rings. The number of nitrogens with two attached hydrogens (primary N) is 1.